The second-order valence-electron chi connectivity index (χ2n) is 39.9. The number of halogens is 6. The van der Waals surface area contributed by atoms with Crippen molar-refractivity contribution in [3.8, 4) is 34.9 Å². The Balaban J connectivity index is 0.000000207. The van der Waals surface area contributed by atoms with Gasteiger partial charge in [-0.05, 0) is 160 Å². The standard InChI is InChI=1S/C33H43F2N4O6.C32H41F2N4O6.C31H39F2N4O6.3V/c1-6-21-24(18-40)39-17-26(21)44-29-27(36-22-14-13-20(43-5)16-23(22)37-29)33(34,35)15-8-7-10-19-11-9-12-25(19)45-31(42)38-28(30(39)41)32(2,3)4;1-7-20-23(17-39)38-16-24(20)43-27-25(35-21-12-11-19(42-6)14-22(21)36-27)32(33,34)13-9-8-10-18-15-31(18,5)44-29(41)37-26(28(38)40)30(2,3)4;1-6-19-22(16-38)37-15-24(19)42-27-25(34-20-11-10-18(41-5)14-21(20)35-27)31(32,33)12-8-7-9-17-13-23(17)43-29(40)36-26(28(37)39)30(2,3)4;;;/h13-14,16,19,21,24-26,28H,6-12,15,17H2,1-5H3,(H,38,42);11-12,14,18,20,23-24,26H,7-10,13,15-16H2,1-6H3,(H,37,41);10-11,14,17,19,22-24,26H,6-9,12-13,15H2,1-5H3,(H,36,40);;;/q3*-1;;;/t19-,21+,24-,25-,26+,28-;18-,20+,23-,24+,26-,31-;17-,19+,22-,23-,24+,26-;;;/m111.../s1. The predicted octanol–water partition coefficient (Wildman–Crippen LogP) is 15.9. The van der Waals surface area contributed by atoms with Crippen LogP contribution in [0.2, 0.25) is 0 Å². The molecule has 9 aliphatic rings. The van der Waals surface area contributed by atoms with Crippen LogP contribution in [0.25, 0.3) is 33.1 Å². The molecule has 3 aromatic heterocycles. The Labute approximate surface area is 819 Å². The molecule has 3 saturated heterocycles. The third kappa shape index (κ3) is 24.5. The molecule has 3 radical (unpaired) electrons. The van der Waals surface area contributed by atoms with Crippen LogP contribution in [0.3, 0.4) is 0 Å². The SMILES string of the molecule is CC[C@@H]1[C@@H]2CN(C(=O)[C@H](C(C)(C)C)NC(=O)O[C@@H]3CCC[C@H]3CCCCC(F)(F)c3nc4ccc(OC)cc4nc3O2)[C@@H]1[C-]=O.CC[C@@H]1[C@@H]2CN(C(=O)[C@H](C(C)(C)C)NC(=O)O[C@@H]3C[C@H]3CCCCC(F)(F)c3nc4ccc(OC)cc4nc3O2)[C@@H]1[C-]=O.CC[C@@H]1[C@@H]2CN(C(=O)[C@H](C(C)(C)C)NC(=O)O[C@]3(C)C[C@H]3CCCCC(F)(F)c3nc4ccc(OC)cc4nc3O2)[C@@H]1[C-]=O.[V].[V].[V]. The van der Waals surface area contributed by atoms with Crippen LogP contribution in [-0.4, -0.2) is 213 Å². The van der Waals surface area contributed by atoms with Crippen molar-refractivity contribution in [1.29, 1.82) is 0 Å². The van der Waals surface area contributed by atoms with Crippen LogP contribution in [0.15, 0.2) is 54.6 Å². The van der Waals surface area contributed by atoms with E-state index in [-0.39, 0.29) is 159 Å². The largest absolute Gasteiger partial charge is 0.540 e. The van der Waals surface area contributed by atoms with Gasteiger partial charge < -0.3 is 87.7 Å². The van der Waals surface area contributed by atoms with Gasteiger partial charge in [0, 0.05) is 99.0 Å². The molecule has 3 saturated carbocycles. The first kappa shape index (κ1) is 108. The summed E-state index contributed by atoms with van der Waals surface area (Å²) < 4.78 is 147. The summed E-state index contributed by atoms with van der Waals surface area (Å²) in [7, 11) is 4.47. The van der Waals surface area contributed by atoms with Gasteiger partial charge in [-0.25, -0.2) is 63.1 Å². The van der Waals surface area contributed by atoms with Crippen molar-refractivity contribution in [2.45, 2.75) is 309 Å². The van der Waals surface area contributed by atoms with Crippen molar-refractivity contribution >= 4 is 88.0 Å². The van der Waals surface area contributed by atoms with E-state index in [0.717, 1.165) is 12.8 Å². The number of ether oxygens (including phenoxy) is 9. The number of hydrogen-bond acceptors (Lipinski definition) is 24. The van der Waals surface area contributed by atoms with E-state index in [1.165, 1.54) is 36.0 Å². The van der Waals surface area contributed by atoms with Gasteiger partial charge in [0.15, 0.2) is 17.1 Å². The Morgan fingerprint density at radius 3 is 1.05 bits per heavy atom. The summed E-state index contributed by atoms with van der Waals surface area (Å²) in [6.45, 7) is 23.3. The van der Waals surface area contributed by atoms with E-state index in [0.29, 0.717) is 111 Å². The Hall–Kier alpha value is -8.96. The van der Waals surface area contributed by atoms with Crippen LogP contribution in [-0.2, 0) is 116 Å². The van der Waals surface area contributed by atoms with E-state index in [4.69, 9.17) is 42.6 Å². The van der Waals surface area contributed by atoms with Gasteiger partial charge in [-0.1, -0.05) is 140 Å². The van der Waals surface area contributed by atoms with Gasteiger partial charge in [0.1, 0.15) is 71.5 Å². The molecular formula is C96H123F6N12O18V3-3. The smallest absolute Gasteiger partial charge is 0.408 e. The third-order valence-electron chi connectivity index (χ3n) is 27.5. The topological polar surface area (TPSA) is 360 Å². The zero-order chi connectivity index (χ0) is 95.6. The van der Waals surface area contributed by atoms with Gasteiger partial charge in [-0.15, -0.1) is 0 Å². The average Bonchev–Trinajstić information content (AvgIpc) is 1.67. The predicted molar refractivity (Wildman–Crippen MR) is 472 cm³/mol. The normalized spacial score (nSPS) is 29.4. The molecule has 6 aliphatic heterocycles. The van der Waals surface area contributed by atoms with Gasteiger partial charge in [0.2, 0.25) is 35.4 Å². The molecule has 6 fully saturated rings. The van der Waals surface area contributed by atoms with Crippen molar-refractivity contribution < 1.29 is 168 Å². The van der Waals surface area contributed by atoms with E-state index in [2.05, 4.69) is 45.9 Å². The summed E-state index contributed by atoms with van der Waals surface area (Å²) in [5, 5.41) is 8.27. The maximum Gasteiger partial charge on any atom is 0.408 e. The monoisotopic (exact) mass is 2000 g/mol. The molecule has 30 nitrogen and oxygen atoms in total. The number of benzene rings is 3. The minimum Gasteiger partial charge on any atom is -0.540 e. The first-order chi connectivity index (χ1) is 62.4. The first-order valence-corrected chi connectivity index (χ1v) is 46.1. The molecular weight excluding hydrogens is 1880 g/mol. The Bertz CT molecular complexity index is 5250. The summed E-state index contributed by atoms with van der Waals surface area (Å²) in [4.78, 5) is 149. The molecule has 6 amide bonds. The minimum atomic E-state index is -3.37. The number of hydrogen-bond donors (Lipinski definition) is 3. The van der Waals surface area contributed by atoms with E-state index >= 15 is 26.3 Å². The molecule has 15 rings (SSSR count). The number of methoxy groups -OCH3 is 3. The average molecular weight is 2000 g/mol. The maximum atomic E-state index is 16.0. The van der Waals surface area contributed by atoms with Crippen molar-refractivity contribution in [1.82, 2.24) is 60.6 Å². The summed E-state index contributed by atoms with van der Waals surface area (Å²) >= 11 is 0. The summed E-state index contributed by atoms with van der Waals surface area (Å²) in [5.74, 6) is -12.7. The van der Waals surface area contributed by atoms with Crippen LogP contribution in [0, 0.1) is 51.8 Å². The van der Waals surface area contributed by atoms with Crippen LogP contribution in [0.5, 0.6) is 34.9 Å². The molecule has 18 atom stereocenters. The van der Waals surface area contributed by atoms with Crippen LogP contribution in [0.1, 0.15) is 236 Å². The molecule has 3 aromatic carbocycles. The zero-order valence-electron chi connectivity index (χ0n) is 79.3. The summed E-state index contributed by atoms with van der Waals surface area (Å²) in [5.41, 5.74) is -2.96. The minimum absolute atomic E-state index is 0. The fraction of sp³-hybridized carbons (Fsp3) is 0.656. The zero-order valence-corrected chi connectivity index (χ0v) is 83.4. The van der Waals surface area contributed by atoms with Gasteiger partial charge in [-0.2, -0.15) is 26.3 Å². The first-order valence-electron chi connectivity index (χ1n) is 46.1. The molecule has 735 valence electrons. The number of rotatable bonds is 9. The maximum absolute atomic E-state index is 16.0. The Morgan fingerprint density at radius 2 is 0.726 bits per heavy atom. The number of alkyl halides is 6. The third-order valence-corrected chi connectivity index (χ3v) is 27.5. The summed E-state index contributed by atoms with van der Waals surface area (Å²) in [6, 6.07) is 8.23. The van der Waals surface area contributed by atoms with Gasteiger partial charge in [0.25, 0.3) is 17.8 Å². The molecule has 0 spiro atoms. The molecule has 135 heavy (non-hydrogen) atoms. The van der Waals surface area contributed by atoms with Gasteiger partial charge in [-0.3, -0.25) is 14.4 Å². The summed E-state index contributed by atoms with van der Waals surface area (Å²) in [6.07, 6.45) is 7.99. The second kappa shape index (κ2) is 44.0. The number of nitrogens with one attached hydrogen (secondary N) is 3. The van der Waals surface area contributed by atoms with Crippen LogP contribution in [0.4, 0.5) is 40.7 Å². The van der Waals surface area contributed by atoms with Crippen LogP contribution >= 0.6 is 0 Å². The van der Waals surface area contributed by atoms with E-state index in [9.17, 15) is 43.2 Å². The number of fused-ring (bicyclic) bond motifs is 15. The Kier molecular flexibility index (Phi) is 35.2. The molecule has 6 bridgehead atoms. The van der Waals surface area contributed by atoms with E-state index in [1.807, 2.05) is 67.3 Å². The molecule has 3 N–H and O–H groups in total. The molecule has 6 aromatic rings. The molecule has 9 heterocycles. The number of alkyl carbamates (subject to hydrolysis) is 3. The molecule has 0 unspecified atom stereocenters. The van der Waals surface area contributed by atoms with Crippen molar-refractivity contribution in [2.75, 3.05) is 41.0 Å². The quantitative estimate of drug-likeness (QED) is 0.0687. The number of amides is 6. The Morgan fingerprint density at radius 1 is 0.407 bits per heavy atom. The second-order valence-corrected chi connectivity index (χ2v) is 39.9. The van der Waals surface area contributed by atoms with Crippen LogP contribution < -0.4 is 44.4 Å². The number of carbonyl (C=O) groups excluding carboxylic acids is 9. The van der Waals surface area contributed by atoms with Crippen molar-refractivity contribution in [2.24, 2.45) is 51.8 Å². The van der Waals surface area contributed by atoms with E-state index in [1.54, 1.807) is 96.1 Å². The van der Waals surface area contributed by atoms with Gasteiger partial charge in [0.05, 0.1) is 74.1 Å². The van der Waals surface area contributed by atoms with Crippen molar-refractivity contribution in [3.05, 3.63) is 71.7 Å². The number of nitrogens with zero attached hydrogens (tertiary/aromatic N) is 9. The number of aromatic nitrogens is 6. The molecule has 39 heteroatoms. The fourth-order valence-electron chi connectivity index (χ4n) is 19.5. The fourth-order valence-corrected chi connectivity index (χ4v) is 19.5. The van der Waals surface area contributed by atoms with E-state index < -0.39 is 184 Å². The number of carbonyl (C=O) groups is 6. The van der Waals surface area contributed by atoms with Gasteiger partial charge >= 0.3 is 18.3 Å². The molecule has 3 aliphatic carbocycles. The van der Waals surface area contributed by atoms with Crippen molar-refractivity contribution in [3.63, 3.8) is 0 Å².